The fraction of sp³-hybridized carbons (Fsp3) is 0.462. The molecule has 0 amide bonds. The molecule has 0 bridgehead atoms. The molecule has 0 aromatic heterocycles. The molecule has 100 valence electrons. The first-order chi connectivity index (χ1) is 8.29. The number of hydrogen-bond acceptors (Lipinski definition) is 2. The van der Waals surface area contributed by atoms with Crippen LogP contribution in [0.15, 0.2) is 24.3 Å². The van der Waals surface area contributed by atoms with Gasteiger partial charge in [-0.2, -0.15) is 13.2 Å². The second kappa shape index (κ2) is 6.00. The Labute approximate surface area is 104 Å². The van der Waals surface area contributed by atoms with Crippen molar-refractivity contribution >= 4 is 5.78 Å². The maximum absolute atomic E-state index is 11.8. The molecule has 1 aromatic rings. The first-order valence-electron chi connectivity index (χ1n) is 5.57. The molecule has 0 aliphatic carbocycles. The van der Waals surface area contributed by atoms with Crippen molar-refractivity contribution in [3.05, 3.63) is 35.4 Å². The van der Waals surface area contributed by atoms with E-state index >= 15 is 0 Å². The fourth-order valence-corrected chi connectivity index (χ4v) is 1.40. The van der Waals surface area contributed by atoms with Crippen LogP contribution in [0.4, 0.5) is 13.2 Å². The third kappa shape index (κ3) is 4.87. The van der Waals surface area contributed by atoms with Gasteiger partial charge < -0.3 is 4.74 Å². The van der Waals surface area contributed by atoms with Crippen molar-refractivity contribution in [3.63, 3.8) is 0 Å². The summed E-state index contributed by atoms with van der Waals surface area (Å²) in [5.74, 6) is -0.106. The lowest BCUT2D eigenvalue weighted by Gasteiger charge is -2.08. The Morgan fingerprint density at radius 3 is 2.22 bits per heavy atom. The molecule has 0 heterocycles. The van der Waals surface area contributed by atoms with Gasteiger partial charge in [0.1, 0.15) is 13.2 Å². The van der Waals surface area contributed by atoms with Crippen LogP contribution >= 0.6 is 0 Å². The molecule has 0 spiro atoms. The standard InChI is InChI=1S/C13H15F3O2/c1-9(2)10-3-5-11(6-4-10)12(17)7-18-8-13(14,15)16/h3-6,9H,7-8H2,1-2H3. The second-order valence-corrected chi connectivity index (χ2v) is 4.31. The number of carbonyl (C=O) groups excluding carboxylic acids is 1. The minimum atomic E-state index is -4.40. The predicted molar refractivity (Wildman–Crippen MR) is 61.7 cm³/mol. The molecule has 1 rings (SSSR count). The number of rotatable bonds is 5. The molecule has 18 heavy (non-hydrogen) atoms. The molecule has 1 aromatic carbocycles. The van der Waals surface area contributed by atoms with Gasteiger partial charge in [0.25, 0.3) is 0 Å². The summed E-state index contributed by atoms with van der Waals surface area (Å²) in [5, 5.41) is 0. The number of halogens is 3. The highest BCUT2D eigenvalue weighted by molar-refractivity contribution is 5.97. The first-order valence-corrected chi connectivity index (χ1v) is 5.57. The van der Waals surface area contributed by atoms with Crippen LogP contribution in [0.2, 0.25) is 0 Å². The van der Waals surface area contributed by atoms with E-state index in [9.17, 15) is 18.0 Å². The fourth-order valence-electron chi connectivity index (χ4n) is 1.40. The Kier molecular flexibility index (Phi) is 4.90. The highest BCUT2D eigenvalue weighted by Gasteiger charge is 2.27. The molecule has 0 saturated carbocycles. The number of Topliss-reactive ketones (excluding diaryl/α,β-unsaturated/α-hetero) is 1. The second-order valence-electron chi connectivity index (χ2n) is 4.31. The van der Waals surface area contributed by atoms with Crippen LogP contribution < -0.4 is 0 Å². The minimum absolute atomic E-state index is 0.343. The van der Waals surface area contributed by atoms with Gasteiger partial charge >= 0.3 is 6.18 Å². The van der Waals surface area contributed by atoms with Gasteiger partial charge in [-0.05, 0) is 11.5 Å². The van der Waals surface area contributed by atoms with Crippen LogP contribution in [0, 0.1) is 0 Å². The average molecular weight is 260 g/mol. The van der Waals surface area contributed by atoms with Crippen molar-refractivity contribution in [1.29, 1.82) is 0 Å². The van der Waals surface area contributed by atoms with Crippen molar-refractivity contribution in [2.45, 2.75) is 25.9 Å². The molecule has 5 heteroatoms. The summed E-state index contributed by atoms with van der Waals surface area (Å²) < 4.78 is 39.8. The van der Waals surface area contributed by atoms with E-state index in [1.54, 1.807) is 24.3 Å². The van der Waals surface area contributed by atoms with Gasteiger partial charge in [-0.25, -0.2) is 0 Å². The Morgan fingerprint density at radius 1 is 1.22 bits per heavy atom. The van der Waals surface area contributed by atoms with E-state index < -0.39 is 25.2 Å². The van der Waals surface area contributed by atoms with E-state index in [2.05, 4.69) is 4.74 Å². The third-order valence-electron chi connectivity index (χ3n) is 2.40. The molecule has 0 fully saturated rings. The number of hydrogen-bond donors (Lipinski definition) is 0. The van der Waals surface area contributed by atoms with Gasteiger partial charge in [0.05, 0.1) is 0 Å². The normalized spacial score (nSPS) is 11.9. The van der Waals surface area contributed by atoms with E-state index in [0.717, 1.165) is 5.56 Å². The van der Waals surface area contributed by atoms with Crippen molar-refractivity contribution < 1.29 is 22.7 Å². The summed E-state index contributed by atoms with van der Waals surface area (Å²) in [6, 6.07) is 6.80. The van der Waals surface area contributed by atoms with Crippen LogP contribution in [0.3, 0.4) is 0 Å². The molecule has 0 radical (unpaired) electrons. The molecule has 2 nitrogen and oxygen atoms in total. The molecule has 0 N–H and O–H groups in total. The predicted octanol–water partition coefficient (Wildman–Crippen LogP) is 3.57. The maximum atomic E-state index is 11.8. The molecule has 0 saturated heterocycles. The molecule has 0 aliphatic rings. The van der Waals surface area contributed by atoms with Crippen molar-refractivity contribution in [1.82, 2.24) is 0 Å². The van der Waals surface area contributed by atoms with Gasteiger partial charge in [-0.1, -0.05) is 38.1 Å². The minimum Gasteiger partial charge on any atom is -0.364 e. The van der Waals surface area contributed by atoms with Crippen LogP contribution in [0.5, 0.6) is 0 Å². The summed E-state index contributed by atoms with van der Waals surface area (Å²) >= 11 is 0. The summed E-state index contributed by atoms with van der Waals surface area (Å²) in [4.78, 5) is 11.5. The SMILES string of the molecule is CC(C)c1ccc(C(=O)COCC(F)(F)F)cc1. The smallest absolute Gasteiger partial charge is 0.364 e. The average Bonchev–Trinajstić information content (AvgIpc) is 2.27. The van der Waals surface area contributed by atoms with Crippen LogP contribution in [0.25, 0.3) is 0 Å². The van der Waals surface area contributed by atoms with E-state index in [-0.39, 0.29) is 0 Å². The van der Waals surface area contributed by atoms with Crippen LogP contribution in [0.1, 0.15) is 35.7 Å². The zero-order valence-electron chi connectivity index (χ0n) is 10.3. The number of carbonyl (C=O) groups is 1. The van der Waals surface area contributed by atoms with Crippen LogP contribution in [-0.2, 0) is 4.74 Å². The molecular weight excluding hydrogens is 245 g/mol. The van der Waals surface area contributed by atoms with E-state index in [1.165, 1.54) is 0 Å². The Hall–Kier alpha value is -1.36. The summed E-state index contributed by atoms with van der Waals surface area (Å²) in [7, 11) is 0. The van der Waals surface area contributed by atoms with E-state index in [1.807, 2.05) is 13.8 Å². The van der Waals surface area contributed by atoms with Gasteiger partial charge in [0.15, 0.2) is 5.78 Å². The number of ketones is 1. The highest BCUT2D eigenvalue weighted by Crippen LogP contribution is 2.16. The largest absolute Gasteiger partial charge is 0.411 e. The Morgan fingerprint density at radius 2 is 1.78 bits per heavy atom. The lowest BCUT2D eigenvalue weighted by Crippen LogP contribution is -2.20. The van der Waals surface area contributed by atoms with Crippen LogP contribution in [-0.4, -0.2) is 25.2 Å². The molecule has 0 aliphatic heterocycles. The highest BCUT2D eigenvalue weighted by atomic mass is 19.4. The third-order valence-corrected chi connectivity index (χ3v) is 2.40. The quantitative estimate of drug-likeness (QED) is 0.756. The lowest BCUT2D eigenvalue weighted by atomic mass is 10.0. The number of benzene rings is 1. The zero-order chi connectivity index (χ0) is 13.8. The number of ether oxygens (including phenoxy) is 1. The number of alkyl halides is 3. The molecule has 0 unspecified atom stereocenters. The van der Waals surface area contributed by atoms with Crippen molar-refractivity contribution in [3.8, 4) is 0 Å². The zero-order valence-corrected chi connectivity index (χ0v) is 10.3. The summed E-state index contributed by atoms with van der Waals surface area (Å²) in [6.07, 6.45) is -4.40. The molecular formula is C13H15F3O2. The monoisotopic (exact) mass is 260 g/mol. The van der Waals surface area contributed by atoms with Gasteiger partial charge in [0.2, 0.25) is 0 Å². The van der Waals surface area contributed by atoms with E-state index in [4.69, 9.17) is 0 Å². The topological polar surface area (TPSA) is 26.3 Å². The summed E-state index contributed by atoms with van der Waals surface area (Å²) in [5.41, 5.74) is 1.43. The van der Waals surface area contributed by atoms with Gasteiger partial charge in [0, 0.05) is 5.56 Å². The maximum Gasteiger partial charge on any atom is 0.411 e. The summed E-state index contributed by atoms with van der Waals surface area (Å²) in [6.45, 7) is 2.08. The van der Waals surface area contributed by atoms with Crippen molar-refractivity contribution in [2.75, 3.05) is 13.2 Å². The Bertz CT molecular complexity index is 394. The van der Waals surface area contributed by atoms with Gasteiger partial charge in [-0.15, -0.1) is 0 Å². The van der Waals surface area contributed by atoms with Crippen molar-refractivity contribution in [2.24, 2.45) is 0 Å². The Balaban J connectivity index is 2.52. The first kappa shape index (κ1) is 14.7. The molecule has 0 atom stereocenters. The van der Waals surface area contributed by atoms with Gasteiger partial charge in [-0.3, -0.25) is 4.79 Å². The van der Waals surface area contributed by atoms with E-state index in [0.29, 0.717) is 11.5 Å². The lowest BCUT2D eigenvalue weighted by molar-refractivity contribution is -0.170.